The Kier molecular flexibility index (Phi) is 2.82. The molecule has 1 saturated heterocycles. The Morgan fingerprint density at radius 2 is 2.36 bits per heavy atom. The highest BCUT2D eigenvalue weighted by atomic mass is 15.3. The highest BCUT2D eigenvalue weighted by Crippen LogP contribution is 2.28. The summed E-state index contributed by atoms with van der Waals surface area (Å²) < 4.78 is 2.04. The van der Waals surface area contributed by atoms with Crippen molar-refractivity contribution in [3.8, 4) is 0 Å². The van der Waals surface area contributed by atoms with E-state index in [0.29, 0.717) is 6.04 Å². The molecule has 1 aromatic heterocycles. The molecule has 1 atom stereocenters. The van der Waals surface area contributed by atoms with Crippen LogP contribution in [0.3, 0.4) is 0 Å². The molecule has 0 radical (unpaired) electrons. The maximum Gasteiger partial charge on any atom is 0.149 e. The Labute approximate surface area is 84.9 Å². The van der Waals surface area contributed by atoms with E-state index >= 15 is 0 Å². The van der Waals surface area contributed by atoms with Gasteiger partial charge in [0.15, 0.2) is 0 Å². The Bertz CT molecular complexity index is 294. The van der Waals surface area contributed by atoms with Crippen molar-refractivity contribution in [2.45, 2.75) is 32.2 Å². The molecule has 0 N–H and O–H groups in total. The van der Waals surface area contributed by atoms with Crippen LogP contribution in [0.5, 0.6) is 0 Å². The van der Waals surface area contributed by atoms with Gasteiger partial charge in [0.25, 0.3) is 0 Å². The molecule has 0 aromatic carbocycles. The number of hydrogen-bond donors (Lipinski definition) is 0. The van der Waals surface area contributed by atoms with Gasteiger partial charge in [0.05, 0.1) is 6.04 Å². The van der Waals surface area contributed by atoms with E-state index in [9.17, 15) is 0 Å². The lowest BCUT2D eigenvalue weighted by Gasteiger charge is -2.33. The van der Waals surface area contributed by atoms with E-state index in [1.165, 1.54) is 25.8 Å². The largest absolute Gasteiger partial charge is 0.319 e. The highest BCUT2D eigenvalue weighted by Gasteiger charge is 2.25. The normalized spacial score (nSPS) is 24.0. The second-order valence-electron chi connectivity index (χ2n) is 3.94. The molecular weight excluding hydrogens is 176 g/mol. The predicted octanol–water partition coefficient (Wildman–Crippen LogP) is 1.36. The van der Waals surface area contributed by atoms with Crippen molar-refractivity contribution >= 4 is 0 Å². The van der Waals surface area contributed by atoms with Crippen molar-refractivity contribution < 1.29 is 0 Å². The number of piperidine rings is 1. The van der Waals surface area contributed by atoms with Crippen LogP contribution >= 0.6 is 0 Å². The molecule has 0 saturated carbocycles. The van der Waals surface area contributed by atoms with E-state index in [0.717, 1.165) is 12.4 Å². The van der Waals surface area contributed by atoms with Gasteiger partial charge in [-0.2, -0.15) is 0 Å². The molecule has 0 aliphatic carbocycles. The number of rotatable bonds is 2. The molecule has 2 heterocycles. The van der Waals surface area contributed by atoms with E-state index in [1.54, 1.807) is 6.33 Å². The van der Waals surface area contributed by atoms with Gasteiger partial charge in [0.1, 0.15) is 12.2 Å². The Morgan fingerprint density at radius 3 is 3.00 bits per heavy atom. The summed E-state index contributed by atoms with van der Waals surface area (Å²) in [5.41, 5.74) is 0. The first kappa shape index (κ1) is 9.65. The van der Waals surface area contributed by atoms with Gasteiger partial charge in [-0.25, -0.2) is 0 Å². The minimum absolute atomic E-state index is 0.487. The van der Waals surface area contributed by atoms with Crippen LogP contribution in [0.25, 0.3) is 0 Å². The first-order chi connectivity index (χ1) is 6.83. The Balaban J connectivity index is 2.19. The van der Waals surface area contributed by atoms with Crippen LogP contribution < -0.4 is 0 Å². The monoisotopic (exact) mass is 194 g/mol. The average Bonchev–Trinajstić information content (AvgIpc) is 2.64. The maximum atomic E-state index is 4.21. The van der Waals surface area contributed by atoms with E-state index in [4.69, 9.17) is 0 Å². The van der Waals surface area contributed by atoms with Gasteiger partial charge in [-0.15, -0.1) is 10.2 Å². The molecule has 14 heavy (non-hydrogen) atoms. The van der Waals surface area contributed by atoms with Gasteiger partial charge in [-0.05, 0) is 25.9 Å². The van der Waals surface area contributed by atoms with Crippen molar-refractivity contribution in [2.75, 3.05) is 13.1 Å². The fourth-order valence-corrected chi connectivity index (χ4v) is 2.26. The van der Waals surface area contributed by atoms with Gasteiger partial charge < -0.3 is 4.57 Å². The molecule has 4 nitrogen and oxygen atoms in total. The molecule has 78 valence electrons. The molecule has 0 amide bonds. The molecule has 4 heteroatoms. The average molecular weight is 194 g/mol. The van der Waals surface area contributed by atoms with Gasteiger partial charge in [0.2, 0.25) is 0 Å². The van der Waals surface area contributed by atoms with Crippen molar-refractivity contribution in [2.24, 2.45) is 7.05 Å². The van der Waals surface area contributed by atoms with Crippen LogP contribution in [-0.2, 0) is 7.05 Å². The molecule has 0 bridgehead atoms. The van der Waals surface area contributed by atoms with E-state index in [2.05, 4.69) is 22.0 Å². The fourth-order valence-electron chi connectivity index (χ4n) is 2.26. The molecule has 1 aliphatic rings. The van der Waals surface area contributed by atoms with Crippen molar-refractivity contribution in [1.82, 2.24) is 19.7 Å². The van der Waals surface area contributed by atoms with Crippen molar-refractivity contribution in [3.05, 3.63) is 12.2 Å². The Hall–Kier alpha value is -0.900. The molecule has 1 fully saturated rings. The van der Waals surface area contributed by atoms with E-state index in [-0.39, 0.29) is 0 Å². The SMILES string of the molecule is CCN1CCCC[C@@H]1c1nncn1C. The molecule has 1 aromatic rings. The third-order valence-electron chi connectivity index (χ3n) is 3.06. The molecule has 0 unspecified atom stereocenters. The zero-order valence-corrected chi connectivity index (χ0v) is 8.98. The number of aromatic nitrogens is 3. The van der Waals surface area contributed by atoms with E-state index in [1.807, 2.05) is 11.6 Å². The Morgan fingerprint density at radius 1 is 1.50 bits per heavy atom. The van der Waals surface area contributed by atoms with Gasteiger partial charge in [-0.3, -0.25) is 4.90 Å². The molecule has 2 rings (SSSR count). The number of nitrogens with zero attached hydrogens (tertiary/aromatic N) is 4. The summed E-state index contributed by atoms with van der Waals surface area (Å²) in [6, 6.07) is 0.487. The van der Waals surface area contributed by atoms with Gasteiger partial charge in [0, 0.05) is 7.05 Å². The lowest BCUT2D eigenvalue weighted by atomic mass is 10.0. The van der Waals surface area contributed by atoms with E-state index < -0.39 is 0 Å². The minimum Gasteiger partial charge on any atom is -0.319 e. The summed E-state index contributed by atoms with van der Waals surface area (Å²) in [6.45, 7) is 4.53. The number of likely N-dealkylation sites (tertiary alicyclic amines) is 1. The predicted molar refractivity (Wildman–Crippen MR) is 54.8 cm³/mol. The van der Waals surface area contributed by atoms with Crippen LogP contribution in [0, 0.1) is 0 Å². The lowest BCUT2D eigenvalue weighted by Crippen LogP contribution is -2.34. The second-order valence-corrected chi connectivity index (χ2v) is 3.94. The summed E-state index contributed by atoms with van der Waals surface area (Å²) in [4.78, 5) is 2.49. The summed E-state index contributed by atoms with van der Waals surface area (Å²) in [5, 5.41) is 8.16. The quantitative estimate of drug-likeness (QED) is 0.713. The summed E-state index contributed by atoms with van der Waals surface area (Å²) in [7, 11) is 2.03. The second kappa shape index (κ2) is 4.09. The topological polar surface area (TPSA) is 34.0 Å². The first-order valence-electron chi connectivity index (χ1n) is 5.41. The first-order valence-corrected chi connectivity index (χ1v) is 5.41. The molecule has 1 aliphatic heterocycles. The maximum absolute atomic E-state index is 4.21. The lowest BCUT2D eigenvalue weighted by molar-refractivity contribution is 0.147. The van der Waals surface area contributed by atoms with Gasteiger partial charge in [-0.1, -0.05) is 13.3 Å². The summed E-state index contributed by atoms with van der Waals surface area (Å²) in [6.07, 6.45) is 5.65. The van der Waals surface area contributed by atoms with Crippen LogP contribution in [0.1, 0.15) is 38.1 Å². The van der Waals surface area contributed by atoms with Crippen LogP contribution in [-0.4, -0.2) is 32.8 Å². The molecule has 0 spiro atoms. The molecular formula is C10H18N4. The highest BCUT2D eigenvalue weighted by molar-refractivity contribution is 4.96. The number of aryl methyl sites for hydroxylation is 1. The van der Waals surface area contributed by atoms with Crippen molar-refractivity contribution in [1.29, 1.82) is 0 Å². The zero-order chi connectivity index (χ0) is 9.97. The van der Waals surface area contributed by atoms with Crippen LogP contribution in [0.4, 0.5) is 0 Å². The van der Waals surface area contributed by atoms with Crippen LogP contribution in [0.2, 0.25) is 0 Å². The fraction of sp³-hybridized carbons (Fsp3) is 0.800. The summed E-state index contributed by atoms with van der Waals surface area (Å²) in [5.74, 6) is 1.12. The van der Waals surface area contributed by atoms with Gasteiger partial charge >= 0.3 is 0 Å². The minimum atomic E-state index is 0.487. The van der Waals surface area contributed by atoms with Crippen molar-refractivity contribution in [3.63, 3.8) is 0 Å². The summed E-state index contributed by atoms with van der Waals surface area (Å²) >= 11 is 0. The zero-order valence-electron chi connectivity index (χ0n) is 8.98. The van der Waals surface area contributed by atoms with Crippen LogP contribution in [0.15, 0.2) is 6.33 Å². The standard InChI is InChI=1S/C10H18N4/c1-3-14-7-5-4-6-9(14)10-12-11-8-13(10)2/h8-9H,3-7H2,1-2H3/t9-/m1/s1. The smallest absolute Gasteiger partial charge is 0.149 e. The number of hydrogen-bond acceptors (Lipinski definition) is 3. The third kappa shape index (κ3) is 1.66. The third-order valence-corrected chi connectivity index (χ3v) is 3.06.